The van der Waals surface area contributed by atoms with Gasteiger partial charge in [0.25, 0.3) is 0 Å². The molecule has 0 radical (unpaired) electrons. The molecule has 1 saturated heterocycles. The summed E-state index contributed by atoms with van der Waals surface area (Å²) < 4.78 is 36.4. The van der Waals surface area contributed by atoms with Crippen LogP contribution in [-0.2, 0) is 4.79 Å². The van der Waals surface area contributed by atoms with Crippen LogP contribution in [0.4, 0.5) is 13.2 Å². The van der Waals surface area contributed by atoms with Crippen molar-refractivity contribution in [3.63, 3.8) is 0 Å². The van der Waals surface area contributed by atoms with Crippen molar-refractivity contribution >= 4 is 5.78 Å². The zero-order chi connectivity index (χ0) is 11.6. The third-order valence-corrected chi connectivity index (χ3v) is 2.85. The molecule has 15 heavy (non-hydrogen) atoms. The molecule has 2 nitrogen and oxygen atoms in total. The van der Waals surface area contributed by atoms with Gasteiger partial charge in [-0.15, -0.1) is 0 Å². The summed E-state index contributed by atoms with van der Waals surface area (Å²) in [5.74, 6) is 0.0277. The molecule has 88 valence electrons. The van der Waals surface area contributed by atoms with E-state index in [1.54, 1.807) is 18.7 Å². The predicted octanol–water partition coefficient (Wildman–Crippen LogP) is 2.24. The van der Waals surface area contributed by atoms with Gasteiger partial charge in [0.2, 0.25) is 0 Å². The third kappa shape index (κ3) is 3.81. The Morgan fingerprint density at radius 2 is 2.13 bits per heavy atom. The Balaban J connectivity index is 2.47. The smallest absolute Gasteiger partial charge is 0.299 e. The fourth-order valence-electron chi connectivity index (χ4n) is 1.91. The second kappa shape index (κ2) is 4.51. The lowest BCUT2D eigenvalue weighted by molar-refractivity contribution is -0.148. The molecule has 5 heteroatoms. The number of hydrogen-bond acceptors (Lipinski definition) is 2. The molecule has 1 rings (SSSR count). The summed E-state index contributed by atoms with van der Waals surface area (Å²) >= 11 is 0. The zero-order valence-electron chi connectivity index (χ0n) is 8.97. The first kappa shape index (κ1) is 12.5. The Labute approximate surface area is 87.4 Å². The number of halogens is 3. The van der Waals surface area contributed by atoms with E-state index < -0.39 is 18.6 Å². The van der Waals surface area contributed by atoms with Gasteiger partial charge in [0, 0.05) is 31.5 Å². The SMILES string of the molecule is CC1CN(C(C)CC(F)(F)F)CCC1=O. The largest absolute Gasteiger partial charge is 0.390 e. The highest BCUT2D eigenvalue weighted by molar-refractivity contribution is 5.81. The monoisotopic (exact) mass is 223 g/mol. The number of nitrogens with zero attached hydrogens (tertiary/aromatic N) is 1. The molecule has 0 spiro atoms. The number of piperidine rings is 1. The van der Waals surface area contributed by atoms with Gasteiger partial charge in [0.1, 0.15) is 5.78 Å². The Kier molecular flexibility index (Phi) is 3.76. The fourth-order valence-corrected chi connectivity index (χ4v) is 1.91. The van der Waals surface area contributed by atoms with Crippen LogP contribution in [0.5, 0.6) is 0 Å². The molecular formula is C10H16F3NO. The van der Waals surface area contributed by atoms with E-state index >= 15 is 0 Å². The van der Waals surface area contributed by atoms with Crippen molar-refractivity contribution < 1.29 is 18.0 Å². The van der Waals surface area contributed by atoms with E-state index in [1.807, 2.05) is 0 Å². The number of ketones is 1. The Hall–Kier alpha value is -0.580. The van der Waals surface area contributed by atoms with E-state index in [4.69, 9.17) is 0 Å². The average molecular weight is 223 g/mol. The highest BCUT2D eigenvalue weighted by atomic mass is 19.4. The molecule has 0 N–H and O–H groups in total. The maximum absolute atomic E-state index is 12.1. The van der Waals surface area contributed by atoms with Crippen molar-refractivity contribution in [3.05, 3.63) is 0 Å². The second-order valence-electron chi connectivity index (χ2n) is 4.28. The number of likely N-dealkylation sites (tertiary alicyclic amines) is 1. The molecule has 0 aliphatic carbocycles. The minimum Gasteiger partial charge on any atom is -0.299 e. The van der Waals surface area contributed by atoms with Crippen LogP contribution in [0.3, 0.4) is 0 Å². The molecule has 0 aromatic carbocycles. The third-order valence-electron chi connectivity index (χ3n) is 2.85. The molecule has 0 aromatic rings. The van der Waals surface area contributed by atoms with E-state index in [-0.39, 0.29) is 11.7 Å². The lowest BCUT2D eigenvalue weighted by Crippen LogP contribution is -2.45. The first-order valence-electron chi connectivity index (χ1n) is 5.13. The van der Waals surface area contributed by atoms with Crippen LogP contribution < -0.4 is 0 Å². The Bertz CT molecular complexity index is 239. The molecule has 0 amide bonds. The van der Waals surface area contributed by atoms with Gasteiger partial charge in [0.05, 0.1) is 6.42 Å². The number of rotatable bonds is 2. The quantitative estimate of drug-likeness (QED) is 0.715. The van der Waals surface area contributed by atoms with Crippen LogP contribution in [0.15, 0.2) is 0 Å². The van der Waals surface area contributed by atoms with Crippen LogP contribution in [0.25, 0.3) is 0 Å². The molecule has 0 aromatic heterocycles. The van der Waals surface area contributed by atoms with Crippen molar-refractivity contribution in [2.75, 3.05) is 13.1 Å². The second-order valence-corrected chi connectivity index (χ2v) is 4.28. The molecule has 2 unspecified atom stereocenters. The van der Waals surface area contributed by atoms with Gasteiger partial charge in [-0.2, -0.15) is 13.2 Å². The zero-order valence-corrected chi connectivity index (χ0v) is 8.97. The molecular weight excluding hydrogens is 207 g/mol. The van der Waals surface area contributed by atoms with E-state index in [2.05, 4.69) is 0 Å². The topological polar surface area (TPSA) is 20.3 Å². The summed E-state index contributed by atoms with van der Waals surface area (Å²) in [4.78, 5) is 12.9. The molecule has 0 saturated carbocycles. The number of Topliss-reactive ketones (excluding diaryl/α,β-unsaturated/α-hetero) is 1. The van der Waals surface area contributed by atoms with Crippen molar-refractivity contribution in [2.45, 2.75) is 38.9 Å². The highest BCUT2D eigenvalue weighted by Crippen LogP contribution is 2.25. The van der Waals surface area contributed by atoms with Gasteiger partial charge in [0.15, 0.2) is 0 Å². The Morgan fingerprint density at radius 3 is 2.60 bits per heavy atom. The highest BCUT2D eigenvalue weighted by Gasteiger charge is 2.34. The number of hydrogen-bond donors (Lipinski definition) is 0. The summed E-state index contributed by atoms with van der Waals surface area (Å²) in [7, 11) is 0. The van der Waals surface area contributed by atoms with Crippen LogP contribution in [-0.4, -0.2) is 36.0 Å². The van der Waals surface area contributed by atoms with E-state index in [0.717, 1.165) is 0 Å². The van der Waals surface area contributed by atoms with Crippen LogP contribution in [0, 0.1) is 5.92 Å². The lowest BCUT2D eigenvalue weighted by Gasteiger charge is -2.35. The summed E-state index contributed by atoms with van der Waals surface area (Å²) in [5.41, 5.74) is 0. The van der Waals surface area contributed by atoms with Crippen LogP contribution in [0.1, 0.15) is 26.7 Å². The summed E-state index contributed by atoms with van der Waals surface area (Å²) in [6.45, 7) is 4.25. The van der Waals surface area contributed by atoms with Gasteiger partial charge in [-0.3, -0.25) is 9.69 Å². The minimum absolute atomic E-state index is 0.130. The van der Waals surface area contributed by atoms with E-state index in [9.17, 15) is 18.0 Å². The van der Waals surface area contributed by atoms with Crippen LogP contribution in [0.2, 0.25) is 0 Å². The number of alkyl halides is 3. The van der Waals surface area contributed by atoms with Crippen molar-refractivity contribution in [1.82, 2.24) is 4.90 Å². The first-order chi connectivity index (χ1) is 6.79. The van der Waals surface area contributed by atoms with Gasteiger partial charge < -0.3 is 0 Å². The summed E-state index contributed by atoms with van der Waals surface area (Å²) in [6.07, 6.45) is -4.54. The minimum atomic E-state index is -4.12. The fraction of sp³-hybridized carbons (Fsp3) is 0.900. The molecule has 1 aliphatic heterocycles. The maximum atomic E-state index is 12.1. The van der Waals surface area contributed by atoms with Gasteiger partial charge in [-0.25, -0.2) is 0 Å². The van der Waals surface area contributed by atoms with Gasteiger partial charge in [-0.1, -0.05) is 6.92 Å². The normalized spacial score (nSPS) is 26.7. The maximum Gasteiger partial charge on any atom is 0.390 e. The number of carbonyl (C=O) groups excluding carboxylic acids is 1. The standard InChI is InChI=1S/C10H16F3NO/c1-7-6-14(4-3-9(7)15)8(2)5-10(11,12)13/h7-8H,3-6H2,1-2H3. The molecule has 1 heterocycles. The summed E-state index contributed by atoms with van der Waals surface area (Å²) in [5, 5.41) is 0. The van der Waals surface area contributed by atoms with Crippen molar-refractivity contribution in [2.24, 2.45) is 5.92 Å². The predicted molar refractivity (Wildman–Crippen MR) is 50.5 cm³/mol. The van der Waals surface area contributed by atoms with Crippen LogP contribution >= 0.6 is 0 Å². The molecule has 0 bridgehead atoms. The molecule has 1 fully saturated rings. The van der Waals surface area contributed by atoms with E-state index in [1.165, 1.54) is 0 Å². The van der Waals surface area contributed by atoms with Gasteiger partial charge in [-0.05, 0) is 6.92 Å². The first-order valence-corrected chi connectivity index (χ1v) is 5.13. The van der Waals surface area contributed by atoms with Crippen molar-refractivity contribution in [1.29, 1.82) is 0 Å². The Morgan fingerprint density at radius 1 is 1.53 bits per heavy atom. The lowest BCUT2D eigenvalue weighted by atomic mass is 9.97. The molecule has 1 aliphatic rings. The van der Waals surface area contributed by atoms with Gasteiger partial charge >= 0.3 is 6.18 Å². The van der Waals surface area contributed by atoms with E-state index in [0.29, 0.717) is 19.5 Å². The average Bonchev–Trinajstić information content (AvgIpc) is 2.06. The molecule has 2 atom stereocenters. The number of carbonyl (C=O) groups is 1. The summed E-state index contributed by atoms with van der Waals surface area (Å²) in [6, 6.07) is -0.527. The van der Waals surface area contributed by atoms with Crippen molar-refractivity contribution in [3.8, 4) is 0 Å².